The predicted octanol–water partition coefficient (Wildman–Crippen LogP) is 14.9. The minimum atomic E-state index is -0.294. The van der Waals surface area contributed by atoms with E-state index in [-0.39, 0.29) is 50.3 Å². The van der Waals surface area contributed by atoms with Gasteiger partial charge in [-0.1, -0.05) is 125 Å². The highest BCUT2D eigenvalue weighted by Crippen LogP contribution is 2.54. The Hall–Kier alpha value is -3.96. The molecule has 0 spiro atoms. The second-order valence-corrected chi connectivity index (χ2v) is 22.6. The van der Waals surface area contributed by atoms with Crippen LogP contribution in [0.5, 0.6) is 23.0 Å². The summed E-state index contributed by atoms with van der Waals surface area (Å²) < 4.78 is 31.5. The predicted molar refractivity (Wildman–Crippen MR) is 255 cm³/mol. The van der Waals surface area contributed by atoms with Crippen LogP contribution < -0.4 is 18.9 Å². The molecule has 4 unspecified atom stereocenters. The molecule has 4 atom stereocenters. The van der Waals surface area contributed by atoms with Crippen LogP contribution in [0.4, 0.5) is 0 Å². The van der Waals surface area contributed by atoms with Crippen LogP contribution in [-0.4, -0.2) is 37.6 Å². The third kappa shape index (κ3) is 11.4. The summed E-state index contributed by atoms with van der Waals surface area (Å²) in [7, 11) is 1.76. The van der Waals surface area contributed by atoms with E-state index >= 15 is 0 Å². The smallest absolute Gasteiger partial charge is 0.120 e. The highest BCUT2D eigenvalue weighted by molar-refractivity contribution is 5.45. The van der Waals surface area contributed by atoms with Gasteiger partial charge in [-0.25, -0.2) is 0 Å². The van der Waals surface area contributed by atoms with Crippen LogP contribution in [-0.2, 0) is 10.2 Å². The van der Waals surface area contributed by atoms with Gasteiger partial charge < -0.3 is 23.7 Å². The van der Waals surface area contributed by atoms with Gasteiger partial charge in [0.15, 0.2) is 0 Å². The Morgan fingerprint density at radius 2 is 1.02 bits per heavy atom. The molecule has 1 aliphatic carbocycles. The lowest BCUT2D eigenvalue weighted by molar-refractivity contribution is -0.0875. The summed E-state index contributed by atoms with van der Waals surface area (Å²) >= 11 is 0. The molecule has 1 aliphatic rings. The molecule has 5 heteroatoms. The van der Waals surface area contributed by atoms with E-state index in [9.17, 15) is 0 Å². The van der Waals surface area contributed by atoms with Gasteiger partial charge in [-0.15, -0.1) is 0 Å². The van der Waals surface area contributed by atoms with Crippen LogP contribution in [0.3, 0.4) is 0 Å². The standard InChI is InChI=1S/C56H80O5/c1-39-34-51(7,8)36-56(35-39,45-24-32-49(33-25-45)61-54(13,14)50(4,5)6)44-22-30-47(31-23-44)58-37-52(9,10)41(3)60-48-28-20-43(21-29-48)40(2)42-18-26-46(27-19-42)59-38-53(11,12)55(15,16)57-17/h18-33,39-41H,34-38H2,1-17H3. The van der Waals surface area contributed by atoms with Gasteiger partial charge in [0.1, 0.15) is 34.7 Å². The molecule has 4 aromatic carbocycles. The molecule has 61 heavy (non-hydrogen) atoms. The normalized spacial score (nSPS) is 19.8. The Kier molecular flexibility index (Phi) is 14.2. The lowest BCUT2D eigenvalue weighted by Crippen LogP contribution is -2.44. The molecule has 4 aromatic rings. The average molecular weight is 833 g/mol. The number of benzene rings is 4. The molecular formula is C56H80O5. The van der Waals surface area contributed by atoms with E-state index in [1.807, 2.05) is 0 Å². The van der Waals surface area contributed by atoms with Gasteiger partial charge in [0.25, 0.3) is 0 Å². The van der Waals surface area contributed by atoms with E-state index in [2.05, 4.69) is 208 Å². The lowest BCUT2D eigenvalue weighted by atomic mass is 9.55. The maximum absolute atomic E-state index is 6.55. The number of hydrogen-bond acceptors (Lipinski definition) is 5. The van der Waals surface area contributed by atoms with Crippen molar-refractivity contribution in [2.75, 3.05) is 20.3 Å². The Balaban J connectivity index is 1.20. The minimum Gasteiger partial charge on any atom is -0.493 e. The fourth-order valence-corrected chi connectivity index (χ4v) is 8.68. The van der Waals surface area contributed by atoms with E-state index < -0.39 is 0 Å². The Morgan fingerprint density at radius 3 is 1.48 bits per heavy atom. The second kappa shape index (κ2) is 18.0. The molecular weight excluding hydrogens is 753 g/mol. The van der Waals surface area contributed by atoms with Gasteiger partial charge in [-0.3, -0.25) is 0 Å². The van der Waals surface area contributed by atoms with Crippen molar-refractivity contribution in [3.8, 4) is 23.0 Å². The van der Waals surface area contributed by atoms with Crippen LogP contribution in [0.25, 0.3) is 0 Å². The molecule has 0 radical (unpaired) electrons. The third-order valence-corrected chi connectivity index (χ3v) is 14.9. The molecule has 0 bridgehead atoms. The fourth-order valence-electron chi connectivity index (χ4n) is 8.68. The molecule has 334 valence electrons. The maximum atomic E-state index is 6.55. The Morgan fingerprint density at radius 1 is 0.574 bits per heavy atom. The largest absolute Gasteiger partial charge is 0.493 e. The molecule has 1 saturated carbocycles. The average Bonchev–Trinajstić information content (AvgIpc) is 3.18. The third-order valence-electron chi connectivity index (χ3n) is 14.9. The summed E-state index contributed by atoms with van der Waals surface area (Å²) in [6.07, 6.45) is 3.37. The van der Waals surface area contributed by atoms with Crippen molar-refractivity contribution in [2.45, 2.75) is 159 Å². The molecule has 5 rings (SSSR count). The van der Waals surface area contributed by atoms with E-state index in [0.29, 0.717) is 19.1 Å². The Bertz CT molecular complexity index is 2000. The first-order valence-electron chi connectivity index (χ1n) is 22.8. The first-order chi connectivity index (χ1) is 28.2. The molecule has 0 amide bonds. The number of rotatable bonds is 17. The van der Waals surface area contributed by atoms with E-state index in [0.717, 1.165) is 35.8 Å². The molecule has 0 heterocycles. The van der Waals surface area contributed by atoms with Gasteiger partial charge in [0.05, 0.1) is 18.8 Å². The molecule has 1 fully saturated rings. The van der Waals surface area contributed by atoms with Crippen molar-refractivity contribution in [2.24, 2.45) is 27.6 Å². The highest BCUT2D eigenvalue weighted by Gasteiger charge is 2.45. The number of methoxy groups -OCH3 is 1. The summed E-state index contributed by atoms with van der Waals surface area (Å²) in [5.74, 6) is 4.37. The van der Waals surface area contributed by atoms with Crippen molar-refractivity contribution in [1.29, 1.82) is 0 Å². The van der Waals surface area contributed by atoms with Gasteiger partial charge >= 0.3 is 0 Å². The van der Waals surface area contributed by atoms with Crippen molar-refractivity contribution in [3.05, 3.63) is 119 Å². The first-order valence-corrected chi connectivity index (χ1v) is 22.8. The van der Waals surface area contributed by atoms with Crippen molar-refractivity contribution in [3.63, 3.8) is 0 Å². The van der Waals surface area contributed by atoms with Crippen LogP contribution in [0, 0.1) is 27.6 Å². The first kappa shape index (κ1) is 48.1. The zero-order chi connectivity index (χ0) is 45.2. The summed E-state index contributed by atoms with van der Waals surface area (Å²) in [6.45, 7) is 36.8. The zero-order valence-corrected chi connectivity index (χ0v) is 41.0. The van der Waals surface area contributed by atoms with Gasteiger partial charge in [0.2, 0.25) is 0 Å². The van der Waals surface area contributed by atoms with E-state index in [4.69, 9.17) is 23.7 Å². The van der Waals surface area contributed by atoms with Gasteiger partial charge in [-0.2, -0.15) is 0 Å². The zero-order valence-electron chi connectivity index (χ0n) is 41.0. The quantitative estimate of drug-likeness (QED) is 0.106. The minimum absolute atomic E-state index is 0.0125. The second-order valence-electron chi connectivity index (χ2n) is 22.6. The van der Waals surface area contributed by atoms with Crippen molar-refractivity contribution < 1.29 is 23.7 Å². The molecule has 5 nitrogen and oxygen atoms in total. The number of hydrogen-bond donors (Lipinski definition) is 0. The van der Waals surface area contributed by atoms with Crippen LogP contribution in [0.15, 0.2) is 97.1 Å². The van der Waals surface area contributed by atoms with Crippen molar-refractivity contribution in [1.82, 2.24) is 0 Å². The summed E-state index contributed by atoms with van der Waals surface area (Å²) in [4.78, 5) is 0. The van der Waals surface area contributed by atoms with Crippen molar-refractivity contribution >= 4 is 0 Å². The highest BCUT2D eigenvalue weighted by atomic mass is 16.5. The van der Waals surface area contributed by atoms with E-state index in [1.165, 1.54) is 28.7 Å². The van der Waals surface area contributed by atoms with Crippen LogP contribution >= 0.6 is 0 Å². The summed E-state index contributed by atoms with van der Waals surface area (Å²) in [5, 5.41) is 0. The van der Waals surface area contributed by atoms with Crippen LogP contribution in [0.1, 0.15) is 158 Å². The lowest BCUT2D eigenvalue weighted by Gasteiger charge is -2.49. The van der Waals surface area contributed by atoms with Gasteiger partial charge in [-0.05, 0) is 136 Å². The molecule has 0 saturated heterocycles. The monoisotopic (exact) mass is 833 g/mol. The summed E-state index contributed by atoms with van der Waals surface area (Å²) in [6, 6.07) is 34.9. The molecule has 0 N–H and O–H groups in total. The number of ether oxygens (including phenoxy) is 5. The SMILES string of the molecule is COC(C)(C)C(C)(C)COc1ccc(C(C)c2ccc(OC(C)C(C)(C)COc3ccc(C4(c5ccc(OC(C)(C)C(C)(C)C)cc5)CC(C)CC(C)(C)C4)cc3)cc2)cc1. The molecule has 0 aliphatic heterocycles. The topological polar surface area (TPSA) is 46.2 Å². The van der Waals surface area contributed by atoms with E-state index in [1.54, 1.807) is 7.11 Å². The fraction of sp³-hybridized carbons (Fsp3) is 0.571. The summed E-state index contributed by atoms with van der Waals surface area (Å²) in [5.41, 5.74) is 4.36. The Labute approximate surface area is 371 Å². The maximum Gasteiger partial charge on any atom is 0.120 e. The molecule has 0 aromatic heterocycles. The van der Waals surface area contributed by atoms with Crippen LogP contribution in [0.2, 0.25) is 0 Å². The van der Waals surface area contributed by atoms with Gasteiger partial charge in [0, 0.05) is 34.7 Å².